The summed E-state index contributed by atoms with van der Waals surface area (Å²) in [5.74, 6) is 1.12. The van der Waals surface area contributed by atoms with Gasteiger partial charge in [0.15, 0.2) is 5.17 Å². The van der Waals surface area contributed by atoms with Gasteiger partial charge in [-0.2, -0.15) is 0 Å². The van der Waals surface area contributed by atoms with E-state index in [1.807, 2.05) is 23.3 Å². The number of hydrogen-bond acceptors (Lipinski definition) is 5. The lowest BCUT2D eigenvalue weighted by Gasteiger charge is -2.14. The van der Waals surface area contributed by atoms with Crippen molar-refractivity contribution in [3.8, 4) is 0 Å². The van der Waals surface area contributed by atoms with Crippen LogP contribution in [0.15, 0.2) is 16.6 Å². The Bertz CT molecular complexity index is 348. The van der Waals surface area contributed by atoms with E-state index in [0.29, 0.717) is 12.1 Å². The van der Waals surface area contributed by atoms with Crippen LogP contribution in [0.5, 0.6) is 0 Å². The highest BCUT2D eigenvalue weighted by atomic mass is 32.2. The van der Waals surface area contributed by atoms with Crippen molar-refractivity contribution < 1.29 is 0 Å². The molecule has 0 bridgehead atoms. The van der Waals surface area contributed by atoms with Gasteiger partial charge in [0.05, 0.1) is 12.1 Å². The molecule has 2 unspecified atom stereocenters. The molecule has 2 atom stereocenters. The molecule has 0 amide bonds. The van der Waals surface area contributed by atoms with E-state index in [-0.39, 0.29) is 0 Å². The third-order valence-electron chi connectivity index (χ3n) is 2.64. The molecule has 3 nitrogen and oxygen atoms in total. The maximum absolute atomic E-state index is 4.65. The van der Waals surface area contributed by atoms with Crippen molar-refractivity contribution >= 4 is 28.3 Å². The highest BCUT2D eigenvalue weighted by Crippen LogP contribution is 2.24. The first-order valence-corrected chi connectivity index (χ1v) is 7.56. The van der Waals surface area contributed by atoms with Crippen molar-refractivity contribution in [1.29, 1.82) is 0 Å². The number of thioether (sulfide) groups is 1. The second-order valence-corrected chi connectivity index (χ2v) is 5.72. The van der Waals surface area contributed by atoms with Gasteiger partial charge in [-0.15, -0.1) is 11.3 Å². The molecule has 0 fully saturated rings. The van der Waals surface area contributed by atoms with Crippen LogP contribution in [0.25, 0.3) is 0 Å². The van der Waals surface area contributed by atoms with Crippen LogP contribution in [0.3, 0.4) is 0 Å². The SMILES string of the molecule is CCC1CSC(NC(CC)c2nccs2)=N1. The number of hydrogen-bond donors (Lipinski definition) is 1. The van der Waals surface area contributed by atoms with Crippen LogP contribution in [-0.4, -0.2) is 21.9 Å². The van der Waals surface area contributed by atoms with E-state index in [4.69, 9.17) is 0 Å². The summed E-state index contributed by atoms with van der Waals surface area (Å²) in [6, 6.07) is 0.822. The number of nitrogens with zero attached hydrogens (tertiary/aromatic N) is 2. The second kappa shape index (κ2) is 5.68. The zero-order valence-electron chi connectivity index (χ0n) is 9.64. The summed E-state index contributed by atoms with van der Waals surface area (Å²) in [6.07, 6.45) is 4.04. The maximum atomic E-state index is 4.65. The van der Waals surface area contributed by atoms with Crippen molar-refractivity contribution in [2.45, 2.75) is 38.8 Å². The molecular weight excluding hydrogens is 238 g/mol. The van der Waals surface area contributed by atoms with E-state index in [1.54, 1.807) is 11.3 Å². The first-order valence-electron chi connectivity index (χ1n) is 5.70. The first-order chi connectivity index (χ1) is 7.83. The van der Waals surface area contributed by atoms with Gasteiger partial charge in [0, 0.05) is 17.3 Å². The summed E-state index contributed by atoms with van der Waals surface area (Å²) in [5.41, 5.74) is 0. The molecule has 2 heterocycles. The monoisotopic (exact) mass is 255 g/mol. The maximum Gasteiger partial charge on any atom is 0.157 e. The van der Waals surface area contributed by atoms with E-state index < -0.39 is 0 Å². The van der Waals surface area contributed by atoms with Crippen molar-refractivity contribution in [1.82, 2.24) is 10.3 Å². The Morgan fingerprint density at radius 2 is 2.44 bits per heavy atom. The van der Waals surface area contributed by atoms with E-state index in [0.717, 1.165) is 28.8 Å². The molecule has 1 aromatic rings. The van der Waals surface area contributed by atoms with E-state index in [9.17, 15) is 0 Å². The quantitative estimate of drug-likeness (QED) is 0.898. The Morgan fingerprint density at radius 3 is 3.00 bits per heavy atom. The molecule has 0 spiro atoms. The molecule has 0 saturated carbocycles. The Morgan fingerprint density at radius 1 is 1.56 bits per heavy atom. The molecule has 0 radical (unpaired) electrons. The molecule has 0 aliphatic carbocycles. The van der Waals surface area contributed by atoms with Crippen LogP contribution in [0.4, 0.5) is 0 Å². The van der Waals surface area contributed by atoms with Crippen LogP contribution in [0.2, 0.25) is 0 Å². The van der Waals surface area contributed by atoms with Crippen molar-refractivity contribution in [2.75, 3.05) is 5.75 Å². The molecule has 0 aromatic carbocycles. The largest absolute Gasteiger partial charge is 0.356 e. The molecule has 1 aromatic heterocycles. The van der Waals surface area contributed by atoms with Gasteiger partial charge in [-0.25, -0.2) is 4.98 Å². The Hall–Kier alpha value is -0.550. The van der Waals surface area contributed by atoms with Crippen LogP contribution in [-0.2, 0) is 0 Å². The molecular formula is C11H17N3S2. The van der Waals surface area contributed by atoms with Gasteiger partial charge in [0.25, 0.3) is 0 Å². The molecule has 1 aliphatic heterocycles. The van der Waals surface area contributed by atoms with Gasteiger partial charge < -0.3 is 5.32 Å². The van der Waals surface area contributed by atoms with Gasteiger partial charge in [-0.1, -0.05) is 25.6 Å². The molecule has 0 saturated heterocycles. The fourth-order valence-electron chi connectivity index (χ4n) is 1.60. The van der Waals surface area contributed by atoms with Crippen molar-refractivity contribution in [3.05, 3.63) is 16.6 Å². The lowest BCUT2D eigenvalue weighted by atomic mass is 10.2. The number of amidine groups is 1. The molecule has 16 heavy (non-hydrogen) atoms. The fourth-order valence-corrected chi connectivity index (χ4v) is 3.48. The van der Waals surface area contributed by atoms with Crippen LogP contribution >= 0.6 is 23.1 Å². The zero-order chi connectivity index (χ0) is 11.4. The molecule has 1 N–H and O–H groups in total. The average molecular weight is 255 g/mol. The van der Waals surface area contributed by atoms with E-state index >= 15 is 0 Å². The minimum absolute atomic E-state index is 0.321. The lowest BCUT2D eigenvalue weighted by molar-refractivity contribution is 0.621. The van der Waals surface area contributed by atoms with Gasteiger partial charge in [0.1, 0.15) is 5.01 Å². The standard InChI is InChI=1S/C11H17N3S2/c1-3-8-7-16-11(13-8)14-9(4-2)10-12-5-6-15-10/h5-6,8-9H,3-4,7H2,1-2H3,(H,13,14). The Balaban J connectivity index is 1.98. The first kappa shape index (κ1) is 11.9. The number of nitrogens with one attached hydrogen (secondary N) is 1. The van der Waals surface area contributed by atoms with Gasteiger partial charge >= 0.3 is 0 Å². The summed E-state index contributed by atoms with van der Waals surface area (Å²) in [4.78, 5) is 9.01. The molecule has 88 valence electrons. The summed E-state index contributed by atoms with van der Waals surface area (Å²) < 4.78 is 0. The third-order valence-corrected chi connectivity index (χ3v) is 4.58. The third kappa shape index (κ3) is 2.77. The van der Waals surface area contributed by atoms with Crippen molar-refractivity contribution in [3.63, 3.8) is 0 Å². The summed E-state index contributed by atoms with van der Waals surface area (Å²) in [6.45, 7) is 4.37. The number of rotatable bonds is 4. The number of aromatic nitrogens is 1. The normalized spacial score (nSPS) is 21.9. The minimum atomic E-state index is 0.321. The smallest absolute Gasteiger partial charge is 0.157 e. The second-order valence-electron chi connectivity index (χ2n) is 3.78. The average Bonchev–Trinajstić information content (AvgIpc) is 2.96. The highest BCUT2D eigenvalue weighted by Gasteiger charge is 2.20. The van der Waals surface area contributed by atoms with Gasteiger partial charge in [-0.05, 0) is 12.8 Å². The zero-order valence-corrected chi connectivity index (χ0v) is 11.3. The van der Waals surface area contributed by atoms with Gasteiger partial charge in [-0.3, -0.25) is 4.99 Å². The molecule has 1 aliphatic rings. The van der Waals surface area contributed by atoms with Crippen LogP contribution in [0.1, 0.15) is 37.7 Å². The van der Waals surface area contributed by atoms with E-state index in [1.165, 1.54) is 0 Å². The number of thiazole rings is 1. The highest BCUT2D eigenvalue weighted by molar-refractivity contribution is 8.14. The van der Waals surface area contributed by atoms with E-state index in [2.05, 4.69) is 29.1 Å². The predicted octanol–water partition coefficient (Wildman–Crippen LogP) is 3.07. The Labute approximate surface area is 105 Å². The minimum Gasteiger partial charge on any atom is -0.356 e. The predicted molar refractivity (Wildman–Crippen MR) is 72.3 cm³/mol. The van der Waals surface area contributed by atoms with Crippen LogP contribution < -0.4 is 5.32 Å². The van der Waals surface area contributed by atoms with Crippen molar-refractivity contribution in [2.24, 2.45) is 4.99 Å². The summed E-state index contributed by atoms with van der Waals surface area (Å²) in [5, 5.41) is 7.77. The molecule has 2 rings (SSSR count). The molecule has 5 heteroatoms. The summed E-state index contributed by atoms with van der Waals surface area (Å²) in [7, 11) is 0. The summed E-state index contributed by atoms with van der Waals surface area (Å²) >= 11 is 3.54. The Kier molecular flexibility index (Phi) is 4.23. The lowest BCUT2D eigenvalue weighted by Crippen LogP contribution is -2.24. The van der Waals surface area contributed by atoms with Gasteiger partial charge in [0.2, 0.25) is 0 Å². The van der Waals surface area contributed by atoms with Crippen LogP contribution in [0, 0.1) is 0 Å². The number of aliphatic imine (C=N–C) groups is 1. The topological polar surface area (TPSA) is 37.3 Å². The fraction of sp³-hybridized carbons (Fsp3) is 0.636.